The van der Waals surface area contributed by atoms with Gasteiger partial charge < -0.3 is 10.1 Å². The molecule has 0 saturated carbocycles. The molecule has 1 fully saturated rings. The van der Waals surface area contributed by atoms with Crippen LogP contribution in [0.15, 0.2) is 29.2 Å². The number of ether oxygens (including phenoxy) is 1. The van der Waals surface area contributed by atoms with E-state index in [0.717, 1.165) is 0 Å². The summed E-state index contributed by atoms with van der Waals surface area (Å²) in [4.78, 5) is 11.6. The number of sulfonamides is 1. The first-order chi connectivity index (χ1) is 9.45. The fourth-order valence-electron chi connectivity index (χ4n) is 2.17. The quantitative estimate of drug-likeness (QED) is 0.830. The standard InChI is InChI=1S/C13H18N2O4S.ClH/c1-10-9-15(7-6-14-10)20(17,18)12-5-3-4-11(8-12)13(16)19-2;/h3-5,8,10,14H,6-7,9H2,1-2H3;1H/t10-;/m1./s1. The van der Waals surface area contributed by atoms with Crippen LogP contribution in [0, 0.1) is 0 Å². The van der Waals surface area contributed by atoms with Crippen molar-refractivity contribution in [2.75, 3.05) is 26.7 Å². The van der Waals surface area contributed by atoms with Crippen LogP contribution in [-0.4, -0.2) is 51.5 Å². The summed E-state index contributed by atoms with van der Waals surface area (Å²) in [5, 5.41) is 3.19. The van der Waals surface area contributed by atoms with Gasteiger partial charge in [0.05, 0.1) is 17.6 Å². The SMILES string of the molecule is COC(=O)c1cccc(S(=O)(=O)N2CCN[C@H](C)C2)c1.Cl. The van der Waals surface area contributed by atoms with Crippen molar-refractivity contribution < 1.29 is 17.9 Å². The maximum Gasteiger partial charge on any atom is 0.337 e. The largest absolute Gasteiger partial charge is 0.465 e. The van der Waals surface area contributed by atoms with E-state index in [0.29, 0.717) is 19.6 Å². The van der Waals surface area contributed by atoms with E-state index in [-0.39, 0.29) is 28.9 Å². The summed E-state index contributed by atoms with van der Waals surface area (Å²) in [5.74, 6) is -0.546. The molecule has 0 spiro atoms. The molecular weight excluding hydrogens is 316 g/mol. The van der Waals surface area contributed by atoms with Gasteiger partial charge in [0.15, 0.2) is 0 Å². The lowest BCUT2D eigenvalue weighted by Crippen LogP contribution is -2.51. The molecule has 1 aromatic rings. The normalized spacial score (nSPS) is 19.6. The Labute approximate surface area is 130 Å². The van der Waals surface area contributed by atoms with E-state index in [4.69, 9.17) is 0 Å². The molecule has 6 nitrogen and oxygen atoms in total. The second-order valence-corrected chi connectivity index (χ2v) is 6.68. The third-order valence-corrected chi connectivity index (χ3v) is 5.09. The molecule has 8 heteroatoms. The summed E-state index contributed by atoms with van der Waals surface area (Å²) in [5.41, 5.74) is 0.233. The van der Waals surface area contributed by atoms with E-state index in [1.54, 1.807) is 6.07 Å². The Morgan fingerprint density at radius 2 is 2.14 bits per heavy atom. The van der Waals surface area contributed by atoms with Gasteiger partial charge in [-0.05, 0) is 25.1 Å². The van der Waals surface area contributed by atoms with Crippen molar-refractivity contribution in [3.05, 3.63) is 29.8 Å². The third-order valence-electron chi connectivity index (χ3n) is 3.22. The fraction of sp³-hybridized carbons (Fsp3) is 0.462. The number of esters is 1. The molecule has 1 aliphatic heterocycles. The molecule has 0 unspecified atom stereocenters. The molecular formula is C13H19ClN2O4S. The molecule has 1 aromatic carbocycles. The van der Waals surface area contributed by atoms with Crippen molar-refractivity contribution in [2.24, 2.45) is 0 Å². The average Bonchev–Trinajstić information content (AvgIpc) is 2.46. The van der Waals surface area contributed by atoms with Crippen molar-refractivity contribution in [1.82, 2.24) is 9.62 Å². The van der Waals surface area contributed by atoms with Crippen LogP contribution in [0.2, 0.25) is 0 Å². The lowest BCUT2D eigenvalue weighted by Gasteiger charge is -2.31. The minimum absolute atomic E-state index is 0. The number of benzene rings is 1. The highest BCUT2D eigenvalue weighted by Crippen LogP contribution is 2.19. The molecule has 2 rings (SSSR count). The van der Waals surface area contributed by atoms with Crippen molar-refractivity contribution in [1.29, 1.82) is 0 Å². The van der Waals surface area contributed by atoms with E-state index in [1.807, 2.05) is 6.92 Å². The fourth-order valence-corrected chi connectivity index (χ4v) is 3.74. The number of nitrogens with zero attached hydrogens (tertiary/aromatic N) is 1. The second-order valence-electron chi connectivity index (χ2n) is 4.74. The van der Waals surface area contributed by atoms with Gasteiger partial charge in [-0.1, -0.05) is 6.07 Å². The molecule has 0 bridgehead atoms. The highest BCUT2D eigenvalue weighted by atomic mass is 35.5. The van der Waals surface area contributed by atoms with Crippen LogP contribution in [0.1, 0.15) is 17.3 Å². The van der Waals surface area contributed by atoms with Crippen molar-refractivity contribution >= 4 is 28.4 Å². The molecule has 1 heterocycles. The predicted molar refractivity (Wildman–Crippen MR) is 81.3 cm³/mol. The molecule has 118 valence electrons. The number of methoxy groups -OCH3 is 1. The van der Waals surface area contributed by atoms with Crippen LogP contribution in [0.5, 0.6) is 0 Å². The molecule has 1 atom stereocenters. The molecule has 0 amide bonds. The van der Waals surface area contributed by atoms with Gasteiger partial charge in [0.25, 0.3) is 0 Å². The van der Waals surface area contributed by atoms with Gasteiger partial charge in [0, 0.05) is 25.7 Å². The topological polar surface area (TPSA) is 75.7 Å². The zero-order valence-electron chi connectivity index (χ0n) is 11.9. The molecule has 1 aliphatic rings. The summed E-state index contributed by atoms with van der Waals surface area (Å²) in [7, 11) is -2.31. The van der Waals surface area contributed by atoms with Gasteiger partial charge in [-0.2, -0.15) is 4.31 Å². The highest BCUT2D eigenvalue weighted by molar-refractivity contribution is 7.89. The molecule has 0 aromatic heterocycles. The second kappa shape index (κ2) is 7.22. The van der Waals surface area contributed by atoms with Crippen LogP contribution < -0.4 is 5.32 Å². The maximum absolute atomic E-state index is 12.5. The summed E-state index contributed by atoms with van der Waals surface area (Å²) in [6, 6.07) is 6.04. The monoisotopic (exact) mass is 334 g/mol. The van der Waals surface area contributed by atoms with E-state index >= 15 is 0 Å². The lowest BCUT2D eigenvalue weighted by molar-refractivity contribution is 0.0600. The van der Waals surface area contributed by atoms with Crippen molar-refractivity contribution in [2.45, 2.75) is 17.9 Å². The van der Waals surface area contributed by atoms with Gasteiger partial charge in [-0.15, -0.1) is 12.4 Å². The Morgan fingerprint density at radius 3 is 2.76 bits per heavy atom. The zero-order valence-corrected chi connectivity index (χ0v) is 13.5. The van der Waals surface area contributed by atoms with Crippen molar-refractivity contribution in [3.63, 3.8) is 0 Å². The van der Waals surface area contributed by atoms with Gasteiger partial charge in [-0.3, -0.25) is 0 Å². The Balaban J connectivity index is 0.00000220. The smallest absolute Gasteiger partial charge is 0.337 e. The van der Waals surface area contributed by atoms with Gasteiger partial charge >= 0.3 is 5.97 Å². The number of rotatable bonds is 3. The molecule has 1 saturated heterocycles. The van der Waals surface area contributed by atoms with E-state index in [9.17, 15) is 13.2 Å². The minimum Gasteiger partial charge on any atom is -0.465 e. The average molecular weight is 335 g/mol. The minimum atomic E-state index is -3.57. The maximum atomic E-state index is 12.5. The summed E-state index contributed by atoms with van der Waals surface area (Å²) >= 11 is 0. The van der Waals surface area contributed by atoms with Crippen LogP contribution in [0.25, 0.3) is 0 Å². The van der Waals surface area contributed by atoms with Gasteiger partial charge in [0.1, 0.15) is 0 Å². The van der Waals surface area contributed by atoms with Crippen LogP contribution in [0.4, 0.5) is 0 Å². The number of hydrogen-bond acceptors (Lipinski definition) is 5. The third kappa shape index (κ3) is 3.94. The van der Waals surface area contributed by atoms with Crippen LogP contribution in [0.3, 0.4) is 0 Å². The Bertz CT molecular complexity index is 606. The number of halogens is 1. The first kappa shape index (κ1) is 17.9. The van der Waals surface area contributed by atoms with E-state index in [1.165, 1.54) is 29.6 Å². The molecule has 1 N–H and O–H groups in total. The van der Waals surface area contributed by atoms with Gasteiger partial charge in [0.2, 0.25) is 10.0 Å². The molecule has 21 heavy (non-hydrogen) atoms. The Kier molecular flexibility index (Phi) is 6.15. The van der Waals surface area contributed by atoms with Crippen molar-refractivity contribution in [3.8, 4) is 0 Å². The molecule has 0 aliphatic carbocycles. The van der Waals surface area contributed by atoms with E-state index in [2.05, 4.69) is 10.1 Å². The number of piperazine rings is 1. The molecule has 0 radical (unpaired) electrons. The highest BCUT2D eigenvalue weighted by Gasteiger charge is 2.28. The first-order valence-electron chi connectivity index (χ1n) is 6.37. The number of hydrogen-bond donors (Lipinski definition) is 1. The Morgan fingerprint density at radius 1 is 1.43 bits per heavy atom. The summed E-state index contributed by atoms with van der Waals surface area (Å²) in [6.07, 6.45) is 0. The van der Waals surface area contributed by atoms with Crippen LogP contribution in [-0.2, 0) is 14.8 Å². The summed E-state index contributed by atoms with van der Waals surface area (Å²) in [6.45, 7) is 3.41. The number of carbonyl (C=O) groups excluding carboxylic acids is 1. The predicted octanol–water partition coefficient (Wildman–Crippen LogP) is 0.877. The number of nitrogens with one attached hydrogen (secondary N) is 1. The van der Waals surface area contributed by atoms with E-state index < -0.39 is 16.0 Å². The lowest BCUT2D eigenvalue weighted by atomic mass is 10.2. The Hall–Kier alpha value is -1.15. The van der Waals surface area contributed by atoms with Gasteiger partial charge in [-0.25, -0.2) is 13.2 Å². The first-order valence-corrected chi connectivity index (χ1v) is 7.81. The number of carbonyl (C=O) groups is 1. The summed E-state index contributed by atoms with van der Waals surface area (Å²) < 4.78 is 31.1. The van der Waals surface area contributed by atoms with Crippen LogP contribution >= 0.6 is 12.4 Å². The zero-order chi connectivity index (χ0) is 14.8.